The van der Waals surface area contributed by atoms with Gasteiger partial charge in [0.15, 0.2) is 0 Å². The maximum Gasteiger partial charge on any atom is 0.299 e. The van der Waals surface area contributed by atoms with Crippen LogP contribution in [0.25, 0.3) is 0 Å². The Hall–Kier alpha value is -1.36. The number of ether oxygens (including phenoxy) is 2. The van der Waals surface area contributed by atoms with Gasteiger partial charge >= 0.3 is 0 Å². The third-order valence-electron chi connectivity index (χ3n) is 2.37. The fourth-order valence-electron chi connectivity index (χ4n) is 1.53. The van der Waals surface area contributed by atoms with E-state index in [4.69, 9.17) is 14.6 Å². The summed E-state index contributed by atoms with van der Waals surface area (Å²) in [5, 5.41) is 8.65. The molecule has 0 aliphatic carbocycles. The van der Waals surface area contributed by atoms with Gasteiger partial charge < -0.3 is 14.6 Å². The predicted molar refractivity (Wildman–Crippen MR) is 55.3 cm³/mol. The van der Waals surface area contributed by atoms with Gasteiger partial charge in [-0.1, -0.05) is 0 Å². The van der Waals surface area contributed by atoms with Crippen LogP contribution >= 0.6 is 0 Å². The van der Waals surface area contributed by atoms with E-state index in [-0.39, 0.29) is 11.3 Å². The highest BCUT2D eigenvalue weighted by molar-refractivity contribution is 5.50. The van der Waals surface area contributed by atoms with E-state index in [0.717, 1.165) is 0 Å². The minimum atomic E-state index is -3.32. The van der Waals surface area contributed by atoms with Crippen LogP contribution in [0.3, 0.4) is 0 Å². The van der Waals surface area contributed by atoms with Gasteiger partial charge in [-0.15, -0.1) is 0 Å². The second kappa shape index (κ2) is 4.65. The Labute approximate surface area is 92.6 Å². The van der Waals surface area contributed by atoms with E-state index in [0.29, 0.717) is 11.3 Å². The molecular weight excluding hydrogens is 218 g/mol. The van der Waals surface area contributed by atoms with Gasteiger partial charge in [0.2, 0.25) is 0 Å². The van der Waals surface area contributed by atoms with Gasteiger partial charge in [0, 0.05) is 5.56 Å². The Morgan fingerprint density at radius 3 is 2.31 bits per heavy atom. The van der Waals surface area contributed by atoms with Crippen molar-refractivity contribution in [3.05, 3.63) is 23.3 Å². The summed E-state index contributed by atoms with van der Waals surface area (Å²) in [4.78, 5) is 0. The molecular formula is C11H14F2O3. The SMILES string of the molecule is COc1ccc(C(F)(F)CO)c(OC)c1C. The number of benzene rings is 1. The molecule has 3 nitrogen and oxygen atoms in total. The van der Waals surface area contributed by atoms with Crippen LogP contribution in [-0.2, 0) is 5.92 Å². The zero-order chi connectivity index (χ0) is 12.3. The molecule has 1 aromatic carbocycles. The van der Waals surface area contributed by atoms with Crippen LogP contribution in [-0.4, -0.2) is 25.9 Å². The first-order valence-corrected chi connectivity index (χ1v) is 4.68. The molecule has 0 spiro atoms. The van der Waals surface area contributed by atoms with Gasteiger partial charge in [0.25, 0.3) is 5.92 Å². The van der Waals surface area contributed by atoms with Crippen LogP contribution in [0.1, 0.15) is 11.1 Å². The van der Waals surface area contributed by atoms with E-state index in [1.165, 1.54) is 26.4 Å². The van der Waals surface area contributed by atoms with Crippen LogP contribution in [0, 0.1) is 6.92 Å². The number of halogens is 2. The number of hydrogen-bond donors (Lipinski definition) is 1. The van der Waals surface area contributed by atoms with Crippen LogP contribution in [0.15, 0.2) is 12.1 Å². The molecule has 0 heterocycles. The van der Waals surface area contributed by atoms with E-state index in [1.54, 1.807) is 6.92 Å². The second-order valence-electron chi connectivity index (χ2n) is 3.34. The van der Waals surface area contributed by atoms with E-state index in [1.807, 2.05) is 0 Å². The molecule has 90 valence electrons. The molecule has 0 aromatic heterocycles. The normalized spacial score (nSPS) is 11.4. The van der Waals surface area contributed by atoms with Gasteiger partial charge in [-0.05, 0) is 19.1 Å². The standard InChI is InChI=1S/C11H14F2O3/c1-7-9(15-2)5-4-8(10(7)16-3)11(12,13)6-14/h4-5,14H,6H2,1-3H3. The molecule has 0 saturated carbocycles. The lowest BCUT2D eigenvalue weighted by atomic mass is 10.0. The molecule has 0 radical (unpaired) electrons. The topological polar surface area (TPSA) is 38.7 Å². The van der Waals surface area contributed by atoms with E-state index >= 15 is 0 Å². The predicted octanol–water partition coefficient (Wildman–Crippen LogP) is 2.10. The maximum absolute atomic E-state index is 13.4. The Bertz CT molecular complexity index is 378. The van der Waals surface area contributed by atoms with Crippen molar-refractivity contribution in [2.75, 3.05) is 20.8 Å². The van der Waals surface area contributed by atoms with Crippen LogP contribution in [0.5, 0.6) is 11.5 Å². The van der Waals surface area contributed by atoms with Gasteiger partial charge in [-0.3, -0.25) is 0 Å². The molecule has 1 rings (SSSR count). The van der Waals surface area contributed by atoms with Crippen LogP contribution in [0.2, 0.25) is 0 Å². The van der Waals surface area contributed by atoms with Crippen molar-refractivity contribution in [2.24, 2.45) is 0 Å². The first-order chi connectivity index (χ1) is 7.47. The summed E-state index contributed by atoms with van der Waals surface area (Å²) in [6, 6.07) is 2.62. The quantitative estimate of drug-likeness (QED) is 0.864. The highest BCUT2D eigenvalue weighted by Crippen LogP contribution is 2.39. The number of alkyl halides is 2. The van der Waals surface area contributed by atoms with Gasteiger partial charge in [0.1, 0.15) is 18.1 Å². The van der Waals surface area contributed by atoms with Gasteiger partial charge in [-0.2, -0.15) is 8.78 Å². The van der Waals surface area contributed by atoms with Crippen molar-refractivity contribution >= 4 is 0 Å². The Morgan fingerprint density at radius 2 is 1.88 bits per heavy atom. The van der Waals surface area contributed by atoms with E-state index in [9.17, 15) is 8.78 Å². The Morgan fingerprint density at radius 1 is 1.25 bits per heavy atom. The summed E-state index contributed by atoms with van der Waals surface area (Å²) in [6.45, 7) is 0.365. The molecule has 16 heavy (non-hydrogen) atoms. The molecule has 0 fully saturated rings. The first-order valence-electron chi connectivity index (χ1n) is 4.68. The maximum atomic E-state index is 13.4. The number of hydrogen-bond acceptors (Lipinski definition) is 3. The summed E-state index contributed by atoms with van der Waals surface area (Å²) >= 11 is 0. The molecule has 0 aliphatic rings. The minimum absolute atomic E-state index is 0.0402. The largest absolute Gasteiger partial charge is 0.496 e. The van der Waals surface area contributed by atoms with E-state index in [2.05, 4.69) is 0 Å². The van der Waals surface area contributed by atoms with Crippen molar-refractivity contribution in [3.63, 3.8) is 0 Å². The summed E-state index contributed by atoms with van der Waals surface area (Å²) in [5.74, 6) is -2.81. The highest BCUT2D eigenvalue weighted by Gasteiger charge is 2.35. The molecule has 0 saturated heterocycles. The van der Waals surface area contributed by atoms with Crippen LogP contribution in [0.4, 0.5) is 8.78 Å². The molecule has 0 unspecified atom stereocenters. The average Bonchev–Trinajstić information content (AvgIpc) is 2.28. The van der Waals surface area contributed by atoms with Crippen LogP contribution < -0.4 is 9.47 Å². The van der Waals surface area contributed by atoms with Crippen molar-refractivity contribution in [1.82, 2.24) is 0 Å². The third kappa shape index (κ3) is 2.09. The van der Waals surface area contributed by atoms with Crippen molar-refractivity contribution in [1.29, 1.82) is 0 Å². The van der Waals surface area contributed by atoms with E-state index < -0.39 is 12.5 Å². The zero-order valence-corrected chi connectivity index (χ0v) is 9.38. The fourth-order valence-corrected chi connectivity index (χ4v) is 1.53. The summed E-state index contributed by atoms with van der Waals surface area (Å²) in [5.41, 5.74) is 0.145. The lowest BCUT2D eigenvalue weighted by molar-refractivity contribution is -0.0572. The molecule has 0 amide bonds. The first kappa shape index (κ1) is 12.7. The molecule has 0 atom stereocenters. The van der Waals surface area contributed by atoms with Crippen molar-refractivity contribution in [3.8, 4) is 11.5 Å². The lowest BCUT2D eigenvalue weighted by Crippen LogP contribution is -2.20. The minimum Gasteiger partial charge on any atom is -0.496 e. The monoisotopic (exact) mass is 232 g/mol. The smallest absolute Gasteiger partial charge is 0.299 e. The van der Waals surface area contributed by atoms with Gasteiger partial charge in [0.05, 0.1) is 19.8 Å². The number of methoxy groups -OCH3 is 2. The lowest BCUT2D eigenvalue weighted by Gasteiger charge is -2.19. The third-order valence-corrected chi connectivity index (χ3v) is 2.37. The summed E-state index contributed by atoms with van der Waals surface area (Å²) in [7, 11) is 2.75. The molecule has 0 aliphatic heterocycles. The zero-order valence-electron chi connectivity index (χ0n) is 9.38. The summed E-state index contributed by atoms with van der Waals surface area (Å²) in [6.07, 6.45) is 0. The summed E-state index contributed by atoms with van der Waals surface area (Å²) < 4.78 is 36.7. The number of aliphatic hydroxyl groups excluding tert-OH is 1. The average molecular weight is 232 g/mol. The van der Waals surface area contributed by atoms with Crippen molar-refractivity contribution < 1.29 is 23.4 Å². The highest BCUT2D eigenvalue weighted by atomic mass is 19.3. The fraction of sp³-hybridized carbons (Fsp3) is 0.455. The number of aliphatic hydroxyl groups is 1. The molecule has 1 aromatic rings. The Balaban J connectivity index is 3.37. The molecule has 1 N–H and O–H groups in total. The van der Waals surface area contributed by atoms with Crippen molar-refractivity contribution in [2.45, 2.75) is 12.8 Å². The number of rotatable bonds is 4. The molecule has 5 heteroatoms. The van der Waals surface area contributed by atoms with Gasteiger partial charge in [-0.25, -0.2) is 0 Å². The molecule has 0 bridgehead atoms. The second-order valence-corrected chi connectivity index (χ2v) is 3.34. The Kier molecular flexibility index (Phi) is 3.70.